The number of hydrogen-bond acceptors (Lipinski definition) is 7. The van der Waals surface area contributed by atoms with Crippen LogP contribution in [-0.4, -0.2) is 58.9 Å². The van der Waals surface area contributed by atoms with E-state index in [4.69, 9.17) is 4.42 Å². The summed E-state index contributed by atoms with van der Waals surface area (Å²) in [6.07, 6.45) is 1.36. The molecule has 2 amide bonds. The molecule has 26 heavy (non-hydrogen) atoms. The van der Waals surface area contributed by atoms with Gasteiger partial charge in [-0.05, 0) is 37.7 Å². The molecular weight excluding hydrogens is 378 g/mol. The van der Waals surface area contributed by atoms with E-state index in [0.29, 0.717) is 13.1 Å². The topological polar surface area (TPSA) is 109 Å². The molecular formula is C16H21N3O5S2. The highest BCUT2D eigenvalue weighted by Crippen LogP contribution is 2.31. The Hall–Kier alpha value is -2.17. The molecule has 0 aliphatic carbocycles. The van der Waals surface area contributed by atoms with E-state index in [2.05, 4.69) is 10.6 Å². The second kappa shape index (κ2) is 8.97. The summed E-state index contributed by atoms with van der Waals surface area (Å²) in [7, 11) is -0.0728. The molecule has 2 heterocycles. The van der Waals surface area contributed by atoms with Crippen molar-refractivity contribution in [3.8, 4) is 0 Å². The van der Waals surface area contributed by atoms with Crippen molar-refractivity contribution in [2.75, 3.05) is 33.7 Å². The average Bonchev–Trinajstić information content (AvgIpc) is 3.28. The van der Waals surface area contributed by atoms with Gasteiger partial charge in [-0.1, -0.05) is 6.07 Å². The summed E-state index contributed by atoms with van der Waals surface area (Å²) in [6.45, 7) is 0.628. The highest BCUT2D eigenvalue weighted by atomic mass is 32.2. The molecule has 0 saturated heterocycles. The SMILES string of the molecule is CN(C)CCNC(=O)C(=O)NC[C@H](c1ccco1)S(=O)(=O)c1cccs1. The van der Waals surface area contributed by atoms with E-state index < -0.39 is 26.9 Å². The zero-order valence-electron chi connectivity index (χ0n) is 14.5. The average molecular weight is 399 g/mol. The van der Waals surface area contributed by atoms with Gasteiger partial charge in [0.25, 0.3) is 0 Å². The number of carbonyl (C=O) groups excluding carboxylic acids is 2. The summed E-state index contributed by atoms with van der Waals surface area (Å²) < 4.78 is 31.0. The molecule has 2 rings (SSSR count). The van der Waals surface area contributed by atoms with E-state index in [0.717, 1.165) is 11.3 Å². The van der Waals surface area contributed by atoms with E-state index in [-0.39, 0.29) is 16.5 Å². The van der Waals surface area contributed by atoms with Gasteiger partial charge >= 0.3 is 11.8 Å². The van der Waals surface area contributed by atoms with Crippen LogP contribution in [0.15, 0.2) is 44.5 Å². The number of sulfone groups is 1. The Balaban J connectivity index is 2.05. The maximum atomic E-state index is 12.8. The molecule has 8 nitrogen and oxygen atoms in total. The lowest BCUT2D eigenvalue weighted by Gasteiger charge is -2.15. The predicted molar refractivity (Wildman–Crippen MR) is 97.5 cm³/mol. The lowest BCUT2D eigenvalue weighted by atomic mass is 10.3. The summed E-state index contributed by atoms with van der Waals surface area (Å²) in [5.74, 6) is -1.49. The van der Waals surface area contributed by atoms with Crippen molar-refractivity contribution in [3.05, 3.63) is 41.7 Å². The maximum Gasteiger partial charge on any atom is 0.309 e. The van der Waals surface area contributed by atoms with E-state index in [9.17, 15) is 18.0 Å². The fourth-order valence-electron chi connectivity index (χ4n) is 2.14. The third-order valence-electron chi connectivity index (χ3n) is 3.51. The molecule has 1 atom stereocenters. The largest absolute Gasteiger partial charge is 0.468 e. The minimum atomic E-state index is -3.76. The van der Waals surface area contributed by atoms with Gasteiger partial charge in [0.05, 0.1) is 6.26 Å². The van der Waals surface area contributed by atoms with Gasteiger partial charge in [-0.15, -0.1) is 11.3 Å². The van der Waals surface area contributed by atoms with Gasteiger partial charge in [0.1, 0.15) is 15.2 Å². The molecule has 0 saturated carbocycles. The Labute approximate surface area is 156 Å². The second-order valence-electron chi connectivity index (χ2n) is 5.75. The number of amides is 2. The van der Waals surface area contributed by atoms with E-state index in [1.165, 1.54) is 18.4 Å². The lowest BCUT2D eigenvalue weighted by Crippen LogP contribution is -2.43. The van der Waals surface area contributed by atoms with E-state index in [1.807, 2.05) is 19.0 Å². The number of nitrogens with one attached hydrogen (secondary N) is 2. The number of hydrogen-bond donors (Lipinski definition) is 2. The molecule has 0 radical (unpaired) electrons. The van der Waals surface area contributed by atoms with Crippen molar-refractivity contribution in [1.29, 1.82) is 0 Å². The molecule has 0 aliphatic heterocycles. The quantitative estimate of drug-likeness (QED) is 0.631. The van der Waals surface area contributed by atoms with Gasteiger partial charge in [0.2, 0.25) is 0 Å². The Morgan fingerprint density at radius 3 is 2.50 bits per heavy atom. The Morgan fingerprint density at radius 1 is 1.19 bits per heavy atom. The van der Waals surface area contributed by atoms with Crippen LogP contribution in [0.4, 0.5) is 0 Å². The van der Waals surface area contributed by atoms with Crippen molar-refractivity contribution in [2.24, 2.45) is 0 Å². The lowest BCUT2D eigenvalue weighted by molar-refractivity contribution is -0.139. The molecule has 0 aliphatic rings. The molecule has 142 valence electrons. The number of carbonyl (C=O) groups is 2. The van der Waals surface area contributed by atoms with Crippen molar-refractivity contribution in [3.63, 3.8) is 0 Å². The number of rotatable bonds is 8. The van der Waals surface area contributed by atoms with Crippen LogP contribution in [0.3, 0.4) is 0 Å². The Morgan fingerprint density at radius 2 is 1.92 bits per heavy atom. The first-order chi connectivity index (χ1) is 12.3. The number of likely N-dealkylation sites (N-methyl/N-ethyl adjacent to an activating group) is 1. The van der Waals surface area contributed by atoms with Crippen molar-refractivity contribution >= 4 is 33.0 Å². The molecule has 0 bridgehead atoms. The molecule has 2 aromatic heterocycles. The van der Waals surface area contributed by atoms with Crippen LogP contribution in [0.2, 0.25) is 0 Å². The molecule has 0 fully saturated rings. The zero-order valence-corrected chi connectivity index (χ0v) is 16.1. The van der Waals surface area contributed by atoms with Crippen LogP contribution in [0, 0.1) is 0 Å². The fraction of sp³-hybridized carbons (Fsp3) is 0.375. The van der Waals surface area contributed by atoms with Crippen molar-refractivity contribution in [2.45, 2.75) is 9.46 Å². The summed E-state index contributed by atoms with van der Waals surface area (Å²) in [6, 6.07) is 6.22. The van der Waals surface area contributed by atoms with Crippen LogP contribution in [0.25, 0.3) is 0 Å². The van der Waals surface area contributed by atoms with Crippen molar-refractivity contribution < 1.29 is 22.4 Å². The first kappa shape index (κ1) is 20.1. The highest BCUT2D eigenvalue weighted by Gasteiger charge is 2.33. The number of thiophene rings is 1. The van der Waals surface area contributed by atoms with Gasteiger partial charge < -0.3 is 20.0 Å². The Bertz CT molecular complexity index is 814. The number of nitrogens with zero attached hydrogens (tertiary/aromatic N) is 1. The highest BCUT2D eigenvalue weighted by molar-refractivity contribution is 7.93. The van der Waals surface area contributed by atoms with E-state index in [1.54, 1.807) is 17.5 Å². The monoisotopic (exact) mass is 399 g/mol. The van der Waals surface area contributed by atoms with Gasteiger partial charge in [0, 0.05) is 19.6 Å². The standard InChI is InChI=1S/C16H21N3O5S2/c1-19(2)8-7-17-15(20)16(21)18-11-13(12-5-3-9-24-12)26(22,23)14-6-4-10-25-14/h3-6,9-10,13H,7-8,11H2,1-2H3,(H,17,20)(H,18,21)/t13-/m1/s1. The van der Waals surface area contributed by atoms with Crippen LogP contribution >= 0.6 is 11.3 Å². The first-order valence-electron chi connectivity index (χ1n) is 7.84. The number of furan rings is 1. The third kappa shape index (κ3) is 5.16. The van der Waals surface area contributed by atoms with Crippen molar-refractivity contribution in [1.82, 2.24) is 15.5 Å². The molecule has 2 aromatic rings. The first-order valence-corrected chi connectivity index (χ1v) is 10.3. The Kier molecular flexibility index (Phi) is 6.95. The molecule has 0 aromatic carbocycles. The normalized spacial score (nSPS) is 12.7. The predicted octanol–water partition coefficient (Wildman–Crippen LogP) is 0.650. The zero-order chi connectivity index (χ0) is 19.2. The minimum absolute atomic E-state index is 0.170. The molecule has 0 spiro atoms. The molecule has 0 unspecified atom stereocenters. The van der Waals surface area contributed by atoms with Crippen LogP contribution in [-0.2, 0) is 19.4 Å². The van der Waals surface area contributed by atoms with Gasteiger partial charge in [-0.3, -0.25) is 9.59 Å². The summed E-state index contributed by atoms with van der Waals surface area (Å²) in [5.41, 5.74) is 0. The van der Waals surface area contributed by atoms with Gasteiger partial charge in [0.15, 0.2) is 9.84 Å². The third-order valence-corrected chi connectivity index (χ3v) is 7.00. The molecule has 10 heteroatoms. The van der Waals surface area contributed by atoms with Crippen LogP contribution in [0.5, 0.6) is 0 Å². The molecule has 2 N–H and O–H groups in total. The van der Waals surface area contributed by atoms with E-state index >= 15 is 0 Å². The van der Waals surface area contributed by atoms with Gasteiger partial charge in [-0.2, -0.15) is 0 Å². The second-order valence-corrected chi connectivity index (χ2v) is 9.06. The van der Waals surface area contributed by atoms with Crippen LogP contribution in [0.1, 0.15) is 11.0 Å². The summed E-state index contributed by atoms with van der Waals surface area (Å²) in [5, 5.41) is 5.39. The van der Waals surface area contributed by atoms with Gasteiger partial charge in [-0.25, -0.2) is 8.42 Å². The van der Waals surface area contributed by atoms with Crippen LogP contribution < -0.4 is 10.6 Å². The minimum Gasteiger partial charge on any atom is -0.468 e. The summed E-state index contributed by atoms with van der Waals surface area (Å²) in [4.78, 5) is 25.6. The summed E-state index contributed by atoms with van der Waals surface area (Å²) >= 11 is 1.08. The fourth-order valence-corrected chi connectivity index (χ4v) is 4.93. The smallest absolute Gasteiger partial charge is 0.309 e. The maximum absolute atomic E-state index is 12.8.